The molecule has 0 amide bonds. The van der Waals surface area contributed by atoms with Crippen LogP contribution in [-0.2, 0) is 57.1 Å². The topological polar surface area (TPSA) is 142 Å². The molecule has 0 heterocycles. The van der Waals surface area contributed by atoms with E-state index >= 15 is 0 Å². The van der Waals surface area contributed by atoms with Gasteiger partial charge < -0.3 is 57.1 Å². The summed E-state index contributed by atoms with van der Waals surface area (Å²) in [5.74, 6) is 0. The molecule has 0 aromatic heterocycles. The van der Waals surface area contributed by atoms with E-state index in [-0.39, 0.29) is 67.0 Å². The minimum Gasteiger partial charge on any atom is -0.375 e. The summed E-state index contributed by atoms with van der Waals surface area (Å²) in [6.45, 7) is 34.4. The summed E-state index contributed by atoms with van der Waals surface area (Å²) in [5.41, 5.74) is -5.30. The maximum atomic E-state index is 12.6. The molecule has 0 aliphatic carbocycles. The maximum absolute atomic E-state index is 12.6. The van der Waals surface area contributed by atoms with Gasteiger partial charge in [-0.25, -0.2) is 0 Å². The van der Waals surface area contributed by atoms with Crippen LogP contribution in [0.25, 0.3) is 0 Å². The van der Waals surface area contributed by atoms with E-state index in [1.54, 1.807) is 0 Å². The molecular formula is C45H88B8I4O12. The largest absolute Gasteiger partial charge is 0.375 e. The average molecular weight is 1420 g/mol. The number of rotatable bonds is 40. The van der Waals surface area contributed by atoms with E-state index in [1.807, 2.05) is 142 Å². The Labute approximate surface area is 478 Å². The van der Waals surface area contributed by atoms with Gasteiger partial charge in [-0.15, -0.1) is 89.5 Å². The van der Waals surface area contributed by atoms with Gasteiger partial charge in [-0.3, -0.25) is 0 Å². The van der Waals surface area contributed by atoms with E-state index in [2.05, 4.69) is 89.5 Å². The molecule has 0 saturated heterocycles. The van der Waals surface area contributed by atoms with Crippen molar-refractivity contribution in [2.24, 2.45) is 5.41 Å². The SMILES string of the molecule is BB(I)C(=O)CC(C)(C)OCCC(C)(C)OCC(COC(C)(C)CCOC(C)(C)CC(=O)B(B)I)(COC(C)(C)CCOC(C)(C)CC(=O)B(B)I)COC(C)(C)CCOC(C)(C)CC(=O)B(B)I. The zero-order chi connectivity index (χ0) is 54.1. The number of hydrogen-bond acceptors (Lipinski definition) is 12. The normalized spacial score (nSPS) is 13.6. The van der Waals surface area contributed by atoms with E-state index < -0.39 is 50.2 Å². The van der Waals surface area contributed by atoms with Gasteiger partial charge in [0.2, 0.25) is 0 Å². The molecule has 0 N–H and O–H groups in total. The first kappa shape index (κ1) is 70.8. The van der Waals surface area contributed by atoms with Gasteiger partial charge in [-0.1, -0.05) is 0 Å². The van der Waals surface area contributed by atoms with Crippen molar-refractivity contribution in [3.63, 3.8) is 0 Å². The summed E-state index contributed by atoms with van der Waals surface area (Å²) in [7, 11) is 7.59. The zero-order valence-electron chi connectivity index (χ0n) is 46.5. The highest BCUT2D eigenvalue weighted by molar-refractivity contribution is 14.1. The number of halogens is 4. The summed E-state index contributed by atoms with van der Waals surface area (Å²) >= 11 is 8.59. The van der Waals surface area contributed by atoms with Crippen LogP contribution in [-0.4, -0.2) is 169 Å². The lowest BCUT2D eigenvalue weighted by Crippen LogP contribution is -2.49. The predicted molar refractivity (Wildman–Crippen MR) is 333 cm³/mol. The highest BCUT2D eigenvalue weighted by atomic mass is 127. The van der Waals surface area contributed by atoms with Crippen LogP contribution >= 0.6 is 89.5 Å². The fourth-order valence-corrected chi connectivity index (χ4v) is 7.55. The van der Waals surface area contributed by atoms with Gasteiger partial charge in [0.25, 0.3) is 17.8 Å². The molecule has 0 atom stereocenters. The first-order valence-electron chi connectivity index (χ1n) is 24.8. The molecule has 0 aliphatic heterocycles. The van der Waals surface area contributed by atoms with Crippen LogP contribution in [0.1, 0.15) is 162 Å². The highest BCUT2D eigenvalue weighted by Gasteiger charge is 2.41. The third-order valence-corrected chi connectivity index (χ3v) is 14.8. The number of carbonyl (C=O) groups excluding carboxylic acids is 4. The Hall–Kier alpha value is 1.80. The van der Waals surface area contributed by atoms with Crippen LogP contribution < -0.4 is 0 Å². The van der Waals surface area contributed by atoms with Crippen LogP contribution in [0.5, 0.6) is 0 Å². The summed E-state index contributed by atoms with van der Waals surface area (Å²) in [5, 5.41) is 0. The number of hydrogen-bond donors (Lipinski definition) is 0. The van der Waals surface area contributed by atoms with Crippen molar-refractivity contribution in [2.45, 2.75) is 207 Å². The summed E-state index contributed by atoms with van der Waals surface area (Å²) in [6.07, 6.45) is 3.55. The van der Waals surface area contributed by atoms with Crippen molar-refractivity contribution in [1.29, 1.82) is 0 Å². The van der Waals surface area contributed by atoms with Crippen molar-refractivity contribution >= 4 is 161 Å². The Kier molecular flexibility index (Phi) is 31.5. The molecule has 0 unspecified atom stereocenters. The van der Waals surface area contributed by atoms with Crippen LogP contribution in [0.4, 0.5) is 0 Å². The molecule has 0 rings (SSSR count). The predicted octanol–water partition coefficient (Wildman–Crippen LogP) is 6.11. The lowest BCUT2D eigenvalue weighted by molar-refractivity contribution is -0.197. The molecule has 12 nitrogen and oxygen atoms in total. The Bertz CT molecular complexity index is 1370. The Balaban J connectivity index is 6.84. The summed E-state index contributed by atoms with van der Waals surface area (Å²) in [4.78, 5) is 50.4. The monoisotopic (exact) mass is 1420 g/mol. The molecule has 0 aromatic rings. The van der Waals surface area contributed by atoms with E-state index in [9.17, 15) is 19.2 Å². The van der Waals surface area contributed by atoms with Gasteiger partial charge in [0.1, 0.15) is 0 Å². The molecule has 0 radical (unpaired) electrons. The van der Waals surface area contributed by atoms with E-state index in [0.29, 0.717) is 77.8 Å². The first-order chi connectivity index (χ1) is 31.0. The molecule has 24 heteroatoms. The molecule has 0 aliphatic rings. The van der Waals surface area contributed by atoms with Crippen LogP contribution in [0.3, 0.4) is 0 Å². The van der Waals surface area contributed by atoms with E-state index in [1.165, 1.54) is 0 Å². The molecule has 69 heavy (non-hydrogen) atoms. The smallest absolute Gasteiger partial charge is 0.255 e. The van der Waals surface area contributed by atoms with Crippen LogP contribution in [0.15, 0.2) is 0 Å². The molecule has 0 bridgehead atoms. The minimum absolute atomic E-state index is 0.0940. The zero-order valence-corrected chi connectivity index (χ0v) is 55.2. The summed E-state index contributed by atoms with van der Waals surface area (Å²) < 4.78 is 52.5. The quantitative estimate of drug-likeness (QED) is 0.0516. The van der Waals surface area contributed by atoms with Crippen molar-refractivity contribution in [3.05, 3.63) is 0 Å². The average Bonchev–Trinajstić information content (AvgIpc) is 3.15. The van der Waals surface area contributed by atoms with Gasteiger partial charge in [0.05, 0.1) is 157 Å². The second-order valence-electron chi connectivity index (χ2n) is 24.2. The molecule has 0 fully saturated rings. The number of ether oxygens (including phenoxy) is 8. The fraction of sp³-hybridized carbons (Fsp3) is 0.911. The Morgan fingerprint density at radius 2 is 0.478 bits per heavy atom. The minimum atomic E-state index is -0.832. The van der Waals surface area contributed by atoms with Gasteiger partial charge in [-0.2, -0.15) is 0 Å². The van der Waals surface area contributed by atoms with Gasteiger partial charge >= 0.3 is 0 Å². The Morgan fingerprint density at radius 3 is 0.623 bits per heavy atom. The van der Waals surface area contributed by atoms with E-state index in [4.69, 9.17) is 37.9 Å². The summed E-state index contributed by atoms with van der Waals surface area (Å²) in [6, 6.07) is 0. The lowest BCUT2D eigenvalue weighted by atomic mass is 9.51. The van der Waals surface area contributed by atoms with Gasteiger partial charge in [-0.05, 0) is 136 Å². The van der Waals surface area contributed by atoms with Crippen molar-refractivity contribution in [3.8, 4) is 0 Å². The molecule has 0 spiro atoms. The van der Waals surface area contributed by atoms with Crippen molar-refractivity contribution < 1.29 is 57.1 Å². The third-order valence-electron chi connectivity index (χ3n) is 12.0. The highest BCUT2D eigenvalue weighted by Crippen LogP contribution is 2.33. The van der Waals surface area contributed by atoms with Crippen molar-refractivity contribution in [2.75, 3.05) is 52.9 Å². The van der Waals surface area contributed by atoms with Gasteiger partial charge in [0, 0.05) is 25.7 Å². The fourth-order valence-electron chi connectivity index (χ4n) is 6.67. The standard InChI is InChI=1S/C45H88B8I4O12/c1-37(2,17-21-62-41(9,10)25-33(58)50(46)54)66-29-45(30-67-38(3,4)18-22-63-42(11,12)26-34(59)51(47)55,31-68-39(5,6)19-23-64-43(13,14)27-35(60)52(48)56)32-69-40(7,8)20-24-65-44(15,16)28-36(61)53(49)57/h17-32,46-49H2,1-16H3. The van der Waals surface area contributed by atoms with Crippen LogP contribution in [0, 0.1) is 5.41 Å². The second kappa shape index (κ2) is 30.7. The second-order valence-corrected chi connectivity index (χ2v) is 31.6. The molecule has 0 aromatic carbocycles. The first-order valence-corrected chi connectivity index (χ1v) is 29.7. The molecular weight excluding hydrogens is 1330 g/mol. The van der Waals surface area contributed by atoms with E-state index in [0.717, 1.165) is 0 Å². The molecule has 0 saturated carbocycles. The van der Waals surface area contributed by atoms with Crippen molar-refractivity contribution in [1.82, 2.24) is 0 Å². The molecule has 392 valence electrons. The van der Waals surface area contributed by atoms with Crippen LogP contribution in [0.2, 0.25) is 0 Å². The third kappa shape index (κ3) is 33.5. The maximum Gasteiger partial charge on any atom is 0.255 e. The lowest BCUT2D eigenvalue weighted by Gasteiger charge is -2.42. The number of carbonyl (C=O) groups is 4. The van der Waals surface area contributed by atoms with Gasteiger partial charge in [0.15, 0.2) is 0 Å². The Morgan fingerprint density at radius 1 is 0.319 bits per heavy atom.